The molecule has 0 bridgehead atoms. The number of fused-ring (bicyclic) bond motifs is 1. The number of rotatable bonds is 5. The van der Waals surface area contributed by atoms with Crippen LogP contribution in [0.4, 0.5) is 5.69 Å². The van der Waals surface area contributed by atoms with Gasteiger partial charge in [-0.3, -0.25) is 4.90 Å². The van der Waals surface area contributed by atoms with E-state index in [1.165, 1.54) is 5.56 Å². The molecule has 2 aromatic heterocycles. The SMILES string of the molecule is COc1ccc(-c2csc(CN3CCc4nc(-c5ccc(N)cc5)ncc4C3)n2)cc1. The number of benzene rings is 2. The van der Waals surface area contributed by atoms with Gasteiger partial charge in [0, 0.05) is 53.5 Å². The van der Waals surface area contributed by atoms with Crippen LogP contribution in [0, 0.1) is 0 Å². The van der Waals surface area contributed by atoms with E-state index in [0.717, 1.165) is 70.8 Å². The summed E-state index contributed by atoms with van der Waals surface area (Å²) in [6, 6.07) is 15.7. The normalized spacial score (nSPS) is 13.7. The van der Waals surface area contributed by atoms with Gasteiger partial charge in [-0.25, -0.2) is 15.0 Å². The van der Waals surface area contributed by atoms with E-state index < -0.39 is 0 Å². The molecule has 7 heteroatoms. The first-order valence-corrected chi connectivity index (χ1v) is 11.1. The summed E-state index contributed by atoms with van der Waals surface area (Å²) >= 11 is 1.70. The molecule has 2 N–H and O–H groups in total. The summed E-state index contributed by atoms with van der Waals surface area (Å²) in [6.45, 7) is 2.64. The van der Waals surface area contributed by atoms with Gasteiger partial charge in [-0.05, 0) is 48.5 Å². The van der Waals surface area contributed by atoms with Gasteiger partial charge in [0.2, 0.25) is 0 Å². The fraction of sp³-hybridized carbons (Fsp3) is 0.208. The van der Waals surface area contributed by atoms with E-state index in [0.29, 0.717) is 0 Å². The van der Waals surface area contributed by atoms with E-state index in [9.17, 15) is 0 Å². The number of nitrogens with two attached hydrogens (primary N) is 1. The van der Waals surface area contributed by atoms with Crippen molar-refractivity contribution >= 4 is 17.0 Å². The van der Waals surface area contributed by atoms with Crippen LogP contribution >= 0.6 is 11.3 Å². The summed E-state index contributed by atoms with van der Waals surface area (Å²) in [5.41, 5.74) is 12.0. The predicted molar refractivity (Wildman–Crippen MR) is 124 cm³/mol. The first kappa shape index (κ1) is 19.7. The molecule has 3 heterocycles. The maximum atomic E-state index is 5.78. The molecule has 0 radical (unpaired) electrons. The lowest BCUT2D eigenvalue weighted by Gasteiger charge is -2.27. The second-order valence-electron chi connectivity index (χ2n) is 7.60. The molecule has 5 rings (SSSR count). The number of anilines is 1. The summed E-state index contributed by atoms with van der Waals surface area (Å²) in [5, 5.41) is 3.24. The third-order valence-electron chi connectivity index (χ3n) is 5.48. The number of hydrogen-bond acceptors (Lipinski definition) is 7. The van der Waals surface area contributed by atoms with Gasteiger partial charge in [0.15, 0.2) is 5.82 Å². The minimum Gasteiger partial charge on any atom is -0.497 e. The second-order valence-corrected chi connectivity index (χ2v) is 8.55. The van der Waals surface area contributed by atoms with Crippen LogP contribution in [0.3, 0.4) is 0 Å². The summed E-state index contributed by atoms with van der Waals surface area (Å²) in [5.74, 6) is 1.62. The molecular formula is C24H23N5OS. The largest absolute Gasteiger partial charge is 0.497 e. The standard InChI is InChI=1S/C24H23N5OS/c1-30-20-8-4-16(5-9-20)22-15-31-23(27-22)14-29-11-10-21-18(13-29)12-26-24(28-21)17-2-6-19(25)7-3-17/h2-9,12,15H,10-11,13-14,25H2,1H3. The minimum atomic E-state index is 0.745. The van der Waals surface area contributed by atoms with Crippen LogP contribution < -0.4 is 10.5 Å². The van der Waals surface area contributed by atoms with Crippen LogP contribution in [-0.4, -0.2) is 33.5 Å². The fourth-order valence-electron chi connectivity index (χ4n) is 3.75. The van der Waals surface area contributed by atoms with Crippen molar-refractivity contribution in [3.63, 3.8) is 0 Å². The van der Waals surface area contributed by atoms with Crippen molar-refractivity contribution in [2.45, 2.75) is 19.5 Å². The van der Waals surface area contributed by atoms with Crippen LogP contribution in [0.5, 0.6) is 5.75 Å². The molecule has 31 heavy (non-hydrogen) atoms. The fourth-order valence-corrected chi connectivity index (χ4v) is 4.59. The van der Waals surface area contributed by atoms with Crippen molar-refractivity contribution in [1.82, 2.24) is 19.9 Å². The Morgan fingerprint density at radius 2 is 1.81 bits per heavy atom. The number of nitrogens with zero attached hydrogens (tertiary/aromatic N) is 4. The zero-order chi connectivity index (χ0) is 21.2. The topological polar surface area (TPSA) is 77.2 Å². The molecule has 6 nitrogen and oxygen atoms in total. The minimum absolute atomic E-state index is 0.745. The van der Waals surface area contributed by atoms with E-state index >= 15 is 0 Å². The lowest BCUT2D eigenvalue weighted by atomic mass is 10.1. The summed E-state index contributed by atoms with van der Waals surface area (Å²) in [4.78, 5) is 16.6. The average molecular weight is 430 g/mol. The quantitative estimate of drug-likeness (QED) is 0.473. The van der Waals surface area contributed by atoms with E-state index in [-0.39, 0.29) is 0 Å². The molecule has 0 saturated heterocycles. The molecule has 0 atom stereocenters. The molecular weight excluding hydrogens is 406 g/mol. The number of methoxy groups -OCH3 is 1. The highest BCUT2D eigenvalue weighted by Gasteiger charge is 2.20. The Hall–Kier alpha value is -3.29. The number of hydrogen-bond donors (Lipinski definition) is 1. The van der Waals surface area contributed by atoms with Gasteiger partial charge < -0.3 is 10.5 Å². The Morgan fingerprint density at radius 1 is 1.03 bits per heavy atom. The molecule has 0 unspecified atom stereocenters. The Morgan fingerprint density at radius 3 is 2.58 bits per heavy atom. The first-order valence-electron chi connectivity index (χ1n) is 10.2. The third kappa shape index (κ3) is 4.28. The zero-order valence-electron chi connectivity index (χ0n) is 17.3. The Balaban J connectivity index is 1.27. The number of thiazole rings is 1. The molecule has 0 fully saturated rings. The van der Waals surface area contributed by atoms with Crippen molar-refractivity contribution in [1.29, 1.82) is 0 Å². The van der Waals surface area contributed by atoms with Gasteiger partial charge in [0.25, 0.3) is 0 Å². The van der Waals surface area contributed by atoms with Crippen LogP contribution in [0.2, 0.25) is 0 Å². The van der Waals surface area contributed by atoms with Crippen molar-refractivity contribution < 1.29 is 4.74 Å². The maximum absolute atomic E-state index is 5.78. The molecule has 0 saturated carbocycles. The highest BCUT2D eigenvalue weighted by molar-refractivity contribution is 7.09. The van der Waals surface area contributed by atoms with Crippen molar-refractivity contribution in [3.05, 3.63) is 76.4 Å². The van der Waals surface area contributed by atoms with E-state index in [2.05, 4.69) is 15.3 Å². The van der Waals surface area contributed by atoms with Crippen LogP contribution in [0.1, 0.15) is 16.3 Å². The molecule has 4 aromatic rings. The highest BCUT2D eigenvalue weighted by Crippen LogP contribution is 2.27. The molecule has 156 valence electrons. The van der Waals surface area contributed by atoms with Crippen LogP contribution in [-0.2, 0) is 19.5 Å². The molecule has 1 aliphatic rings. The number of nitrogen functional groups attached to an aromatic ring is 1. The predicted octanol–water partition coefficient (Wildman–Crippen LogP) is 4.42. The van der Waals surface area contributed by atoms with Gasteiger partial charge >= 0.3 is 0 Å². The van der Waals surface area contributed by atoms with Gasteiger partial charge in [-0.15, -0.1) is 11.3 Å². The maximum Gasteiger partial charge on any atom is 0.159 e. The second kappa shape index (κ2) is 8.45. The van der Waals surface area contributed by atoms with Crippen molar-refractivity contribution in [3.8, 4) is 28.4 Å². The van der Waals surface area contributed by atoms with E-state index in [4.69, 9.17) is 20.4 Å². The van der Waals surface area contributed by atoms with Gasteiger partial charge in [-0.2, -0.15) is 0 Å². The summed E-state index contributed by atoms with van der Waals surface area (Å²) in [7, 11) is 1.68. The molecule has 0 amide bonds. The first-order chi connectivity index (χ1) is 15.2. The zero-order valence-corrected chi connectivity index (χ0v) is 18.1. The lowest BCUT2D eigenvalue weighted by molar-refractivity contribution is 0.242. The van der Waals surface area contributed by atoms with Gasteiger partial charge in [-0.1, -0.05) is 0 Å². The lowest BCUT2D eigenvalue weighted by Crippen LogP contribution is -2.30. The van der Waals surface area contributed by atoms with Crippen LogP contribution in [0.15, 0.2) is 60.1 Å². The Kier molecular flexibility index (Phi) is 5.36. The summed E-state index contributed by atoms with van der Waals surface area (Å²) < 4.78 is 5.24. The summed E-state index contributed by atoms with van der Waals surface area (Å²) in [6.07, 6.45) is 2.88. The Labute approximate surface area is 185 Å². The average Bonchev–Trinajstić information content (AvgIpc) is 3.28. The van der Waals surface area contributed by atoms with E-state index in [1.807, 2.05) is 54.7 Å². The molecule has 0 aliphatic carbocycles. The van der Waals surface area contributed by atoms with Crippen LogP contribution in [0.25, 0.3) is 22.6 Å². The monoisotopic (exact) mass is 429 g/mol. The third-order valence-corrected chi connectivity index (χ3v) is 6.31. The number of ether oxygens (including phenoxy) is 1. The highest BCUT2D eigenvalue weighted by atomic mass is 32.1. The molecule has 2 aromatic carbocycles. The van der Waals surface area contributed by atoms with Gasteiger partial charge in [0.1, 0.15) is 10.8 Å². The smallest absolute Gasteiger partial charge is 0.159 e. The number of aromatic nitrogens is 3. The van der Waals surface area contributed by atoms with Gasteiger partial charge in [0.05, 0.1) is 25.0 Å². The van der Waals surface area contributed by atoms with Crippen molar-refractivity contribution in [2.75, 3.05) is 19.4 Å². The Bertz CT molecular complexity index is 1190. The van der Waals surface area contributed by atoms with Crippen molar-refractivity contribution in [2.24, 2.45) is 0 Å². The van der Waals surface area contributed by atoms with E-state index in [1.54, 1.807) is 18.4 Å². The molecule has 0 spiro atoms. The molecule has 1 aliphatic heterocycles.